The molecule has 1 aromatic rings. The van der Waals surface area contributed by atoms with E-state index in [1.807, 2.05) is 19.9 Å². The summed E-state index contributed by atoms with van der Waals surface area (Å²) < 4.78 is 27.3. The molecule has 1 saturated carbocycles. The van der Waals surface area contributed by atoms with Crippen LogP contribution in [0.5, 0.6) is 0 Å². The number of hydrogen-bond acceptors (Lipinski definition) is 3. The maximum absolute atomic E-state index is 12.3. The van der Waals surface area contributed by atoms with Gasteiger partial charge in [0.1, 0.15) is 0 Å². The van der Waals surface area contributed by atoms with Crippen molar-refractivity contribution in [1.29, 1.82) is 0 Å². The van der Waals surface area contributed by atoms with Gasteiger partial charge < -0.3 is 5.11 Å². The molecule has 0 unspecified atom stereocenters. The number of nitrogens with one attached hydrogen (secondary N) is 1. The van der Waals surface area contributed by atoms with Gasteiger partial charge in [-0.2, -0.15) is 0 Å². The molecule has 0 atom stereocenters. The normalized spacial score (nSPS) is 18.4. The van der Waals surface area contributed by atoms with Crippen LogP contribution in [0.3, 0.4) is 0 Å². The lowest BCUT2D eigenvalue weighted by molar-refractivity contribution is 0.134. The molecule has 1 aliphatic rings. The molecule has 2 rings (SSSR count). The zero-order chi connectivity index (χ0) is 14.8. The molecule has 4 nitrogen and oxygen atoms in total. The predicted octanol–water partition coefficient (Wildman–Crippen LogP) is 2.13. The van der Waals surface area contributed by atoms with E-state index in [4.69, 9.17) is 0 Å². The van der Waals surface area contributed by atoms with E-state index in [9.17, 15) is 13.5 Å². The van der Waals surface area contributed by atoms with Crippen molar-refractivity contribution in [2.45, 2.75) is 44.4 Å². The lowest BCUT2D eigenvalue weighted by Gasteiger charge is -2.26. The Labute approximate surface area is 121 Å². The van der Waals surface area contributed by atoms with Crippen molar-refractivity contribution in [3.63, 3.8) is 0 Å². The summed E-state index contributed by atoms with van der Waals surface area (Å²) in [6.45, 7) is 4.22. The number of benzene rings is 1. The minimum Gasteiger partial charge on any atom is -0.396 e. The third-order valence-electron chi connectivity index (χ3n) is 4.43. The number of aliphatic hydroxyl groups is 1. The lowest BCUT2D eigenvalue weighted by Crippen LogP contribution is -2.38. The van der Waals surface area contributed by atoms with Crippen LogP contribution in [-0.4, -0.2) is 26.7 Å². The highest BCUT2D eigenvalue weighted by Crippen LogP contribution is 2.37. The fourth-order valence-electron chi connectivity index (χ4n) is 2.73. The highest BCUT2D eigenvalue weighted by Gasteiger charge is 2.34. The van der Waals surface area contributed by atoms with Gasteiger partial charge in [0, 0.05) is 18.6 Å². The van der Waals surface area contributed by atoms with Gasteiger partial charge in [0.15, 0.2) is 0 Å². The summed E-state index contributed by atoms with van der Waals surface area (Å²) in [7, 11) is -3.50. The van der Waals surface area contributed by atoms with Crippen LogP contribution in [0.25, 0.3) is 0 Å². The van der Waals surface area contributed by atoms with E-state index < -0.39 is 10.0 Å². The standard InChI is InChI=1S/C15H23NO3S/c1-12-5-6-14(9-13(12)2)20(18,19)16-10-15(11-17)7-3-4-8-15/h5-6,9,16-17H,3-4,7-8,10-11H2,1-2H3. The molecule has 0 saturated heterocycles. The minimum absolute atomic E-state index is 0.0441. The van der Waals surface area contributed by atoms with E-state index in [0.29, 0.717) is 11.4 Å². The van der Waals surface area contributed by atoms with Crippen LogP contribution < -0.4 is 4.72 Å². The number of hydrogen-bond donors (Lipinski definition) is 2. The molecule has 0 aromatic heterocycles. The van der Waals surface area contributed by atoms with Gasteiger partial charge in [0.25, 0.3) is 0 Å². The number of aryl methyl sites for hydroxylation is 2. The summed E-state index contributed by atoms with van der Waals surface area (Å²) in [6, 6.07) is 5.14. The van der Waals surface area contributed by atoms with Crippen molar-refractivity contribution in [3.05, 3.63) is 29.3 Å². The number of aliphatic hydroxyl groups excluding tert-OH is 1. The first kappa shape index (κ1) is 15.5. The first-order valence-corrected chi connectivity index (χ1v) is 8.55. The summed E-state index contributed by atoms with van der Waals surface area (Å²) in [4.78, 5) is 0.298. The Kier molecular flexibility index (Phi) is 4.52. The molecule has 1 fully saturated rings. The SMILES string of the molecule is Cc1ccc(S(=O)(=O)NCC2(CO)CCCC2)cc1C. The van der Waals surface area contributed by atoms with E-state index in [1.54, 1.807) is 12.1 Å². The van der Waals surface area contributed by atoms with Gasteiger partial charge >= 0.3 is 0 Å². The predicted molar refractivity (Wildman–Crippen MR) is 79.1 cm³/mol. The second kappa shape index (κ2) is 5.84. The van der Waals surface area contributed by atoms with Gasteiger partial charge in [-0.05, 0) is 49.9 Å². The smallest absolute Gasteiger partial charge is 0.240 e. The van der Waals surface area contributed by atoms with Gasteiger partial charge in [-0.15, -0.1) is 0 Å². The summed E-state index contributed by atoms with van der Waals surface area (Å²) in [5, 5.41) is 9.53. The monoisotopic (exact) mass is 297 g/mol. The number of rotatable bonds is 5. The Morgan fingerprint density at radius 2 is 1.85 bits per heavy atom. The average molecular weight is 297 g/mol. The zero-order valence-electron chi connectivity index (χ0n) is 12.1. The molecule has 0 spiro atoms. The number of sulfonamides is 1. The van der Waals surface area contributed by atoms with E-state index in [1.165, 1.54) is 0 Å². The summed E-state index contributed by atoms with van der Waals surface area (Å²) in [5.41, 5.74) is 1.77. The largest absolute Gasteiger partial charge is 0.396 e. The van der Waals surface area contributed by atoms with Crippen LogP contribution in [-0.2, 0) is 10.0 Å². The lowest BCUT2D eigenvalue weighted by atomic mass is 9.88. The van der Waals surface area contributed by atoms with E-state index in [2.05, 4.69) is 4.72 Å². The molecule has 0 heterocycles. The molecular formula is C15H23NO3S. The third kappa shape index (κ3) is 3.22. The third-order valence-corrected chi connectivity index (χ3v) is 5.82. The van der Waals surface area contributed by atoms with Crippen molar-refractivity contribution in [1.82, 2.24) is 4.72 Å². The maximum Gasteiger partial charge on any atom is 0.240 e. The van der Waals surface area contributed by atoms with Crippen molar-refractivity contribution in [2.24, 2.45) is 5.41 Å². The van der Waals surface area contributed by atoms with Crippen LogP contribution in [0.4, 0.5) is 0 Å². The van der Waals surface area contributed by atoms with Crippen molar-refractivity contribution in [2.75, 3.05) is 13.2 Å². The average Bonchev–Trinajstić information content (AvgIpc) is 2.89. The molecule has 20 heavy (non-hydrogen) atoms. The Hall–Kier alpha value is -0.910. The first-order chi connectivity index (χ1) is 9.38. The summed E-state index contributed by atoms with van der Waals surface area (Å²) >= 11 is 0. The second-order valence-corrected chi connectivity index (χ2v) is 7.70. The van der Waals surface area contributed by atoms with E-state index >= 15 is 0 Å². The molecular weight excluding hydrogens is 274 g/mol. The van der Waals surface area contributed by atoms with Crippen LogP contribution >= 0.6 is 0 Å². The van der Waals surface area contributed by atoms with Crippen molar-refractivity contribution in [3.8, 4) is 0 Å². The second-order valence-electron chi connectivity index (χ2n) is 5.94. The molecule has 0 radical (unpaired) electrons. The molecule has 5 heteroatoms. The maximum atomic E-state index is 12.3. The quantitative estimate of drug-likeness (QED) is 0.875. The van der Waals surface area contributed by atoms with Crippen LogP contribution in [0, 0.1) is 19.3 Å². The highest BCUT2D eigenvalue weighted by molar-refractivity contribution is 7.89. The van der Waals surface area contributed by atoms with Gasteiger partial charge in [-0.3, -0.25) is 0 Å². The molecule has 0 bridgehead atoms. The van der Waals surface area contributed by atoms with Crippen LogP contribution in [0.1, 0.15) is 36.8 Å². The molecule has 1 aromatic carbocycles. The fourth-order valence-corrected chi connectivity index (χ4v) is 3.97. The Morgan fingerprint density at radius 1 is 1.20 bits per heavy atom. The van der Waals surface area contributed by atoms with Crippen molar-refractivity contribution < 1.29 is 13.5 Å². The van der Waals surface area contributed by atoms with E-state index in [-0.39, 0.29) is 12.0 Å². The van der Waals surface area contributed by atoms with Crippen LogP contribution in [0.2, 0.25) is 0 Å². The Bertz CT molecular complexity index is 575. The highest BCUT2D eigenvalue weighted by atomic mass is 32.2. The van der Waals surface area contributed by atoms with E-state index in [0.717, 1.165) is 36.8 Å². The Morgan fingerprint density at radius 3 is 2.40 bits per heavy atom. The zero-order valence-corrected chi connectivity index (χ0v) is 13.0. The molecule has 2 N–H and O–H groups in total. The summed E-state index contributed by atoms with van der Waals surface area (Å²) in [6.07, 6.45) is 3.90. The molecule has 0 aliphatic heterocycles. The molecule has 112 valence electrons. The van der Waals surface area contributed by atoms with Crippen LogP contribution in [0.15, 0.2) is 23.1 Å². The van der Waals surface area contributed by atoms with Gasteiger partial charge in [0.2, 0.25) is 10.0 Å². The molecule has 0 amide bonds. The molecule has 1 aliphatic carbocycles. The first-order valence-electron chi connectivity index (χ1n) is 7.06. The van der Waals surface area contributed by atoms with Gasteiger partial charge in [-0.1, -0.05) is 18.9 Å². The minimum atomic E-state index is -3.50. The topological polar surface area (TPSA) is 66.4 Å². The summed E-state index contributed by atoms with van der Waals surface area (Å²) in [5.74, 6) is 0. The fraction of sp³-hybridized carbons (Fsp3) is 0.600. The van der Waals surface area contributed by atoms with Crippen molar-refractivity contribution >= 4 is 10.0 Å². The van der Waals surface area contributed by atoms with Gasteiger partial charge in [0.05, 0.1) is 4.90 Å². The van der Waals surface area contributed by atoms with Gasteiger partial charge in [-0.25, -0.2) is 13.1 Å². The Balaban J connectivity index is 2.13.